The van der Waals surface area contributed by atoms with E-state index in [4.69, 9.17) is 4.74 Å². The maximum absolute atomic E-state index is 13.0. The summed E-state index contributed by atoms with van der Waals surface area (Å²) in [5.41, 5.74) is 2.82. The molecule has 0 saturated carbocycles. The van der Waals surface area contributed by atoms with Crippen LogP contribution in [0.4, 0.5) is 5.82 Å². The molecule has 0 N–H and O–H groups in total. The zero-order valence-corrected chi connectivity index (χ0v) is 18.5. The highest BCUT2D eigenvalue weighted by Crippen LogP contribution is 2.24. The van der Waals surface area contributed by atoms with Crippen LogP contribution < -0.4 is 9.64 Å². The van der Waals surface area contributed by atoms with Crippen LogP contribution in [0.3, 0.4) is 0 Å². The summed E-state index contributed by atoms with van der Waals surface area (Å²) < 4.78 is 32.7. The van der Waals surface area contributed by atoms with Crippen molar-refractivity contribution in [2.24, 2.45) is 0 Å². The lowest BCUT2D eigenvalue weighted by Crippen LogP contribution is -2.49. The van der Waals surface area contributed by atoms with Gasteiger partial charge in [-0.15, -0.1) is 10.2 Å². The second-order valence-electron chi connectivity index (χ2n) is 7.40. The van der Waals surface area contributed by atoms with E-state index in [9.17, 15) is 8.42 Å². The lowest BCUT2D eigenvalue weighted by atomic mass is 10.1. The molecule has 2 heterocycles. The van der Waals surface area contributed by atoms with Gasteiger partial charge in [-0.1, -0.05) is 31.2 Å². The number of rotatable bonds is 6. The lowest BCUT2D eigenvalue weighted by Gasteiger charge is -2.34. The summed E-state index contributed by atoms with van der Waals surface area (Å²) in [6.45, 7) is 4.02. The van der Waals surface area contributed by atoms with Gasteiger partial charge in [-0.25, -0.2) is 8.42 Å². The molecule has 0 spiro atoms. The number of hydrogen-bond donors (Lipinski definition) is 0. The molecule has 3 aromatic rings. The van der Waals surface area contributed by atoms with E-state index in [0.29, 0.717) is 31.1 Å². The molecule has 0 bridgehead atoms. The smallest absolute Gasteiger partial charge is 0.243 e. The Labute approximate surface area is 183 Å². The average Bonchev–Trinajstić information content (AvgIpc) is 2.84. The molecule has 0 unspecified atom stereocenters. The van der Waals surface area contributed by atoms with Crippen molar-refractivity contribution >= 4 is 15.8 Å². The number of anilines is 1. The minimum atomic E-state index is -3.48. The normalized spacial score (nSPS) is 15.1. The van der Waals surface area contributed by atoms with Crippen molar-refractivity contribution in [1.29, 1.82) is 0 Å². The molecule has 7 nitrogen and oxygen atoms in total. The third-order valence-electron chi connectivity index (χ3n) is 5.55. The molecule has 31 heavy (non-hydrogen) atoms. The van der Waals surface area contributed by atoms with E-state index in [1.54, 1.807) is 23.5 Å². The Balaban J connectivity index is 1.42. The third-order valence-corrected chi connectivity index (χ3v) is 7.46. The van der Waals surface area contributed by atoms with Crippen LogP contribution in [0.15, 0.2) is 65.6 Å². The largest absolute Gasteiger partial charge is 0.497 e. The van der Waals surface area contributed by atoms with Gasteiger partial charge in [-0.05, 0) is 48.4 Å². The van der Waals surface area contributed by atoms with E-state index < -0.39 is 10.0 Å². The van der Waals surface area contributed by atoms with E-state index in [1.807, 2.05) is 48.5 Å². The number of methoxy groups -OCH3 is 1. The third kappa shape index (κ3) is 4.55. The fourth-order valence-corrected chi connectivity index (χ4v) is 5.06. The Morgan fingerprint density at radius 3 is 2.29 bits per heavy atom. The van der Waals surface area contributed by atoms with Gasteiger partial charge in [-0.3, -0.25) is 0 Å². The quantitative estimate of drug-likeness (QED) is 0.588. The molecule has 1 aliphatic heterocycles. The van der Waals surface area contributed by atoms with Crippen LogP contribution in [0.5, 0.6) is 5.75 Å². The molecule has 0 atom stereocenters. The van der Waals surface area contributed by atoms with Crippen LogP contribution >= 0.6 is 0 Å². The van der Waals surface area contributed by atoms with Crippen LogP contribution in [0.25, 0.3) is 11.3 Å². The number of hydrogen-bond acceptors (Lipinski definition) is 6. The van der Waals surface area contributed by atoms with Gasteiger partial charge in [0.2, 0.25) is 10.0 Å². The second kappa shape index (κ2) is 9.03. The van der Waals surface area contributed by atoms with Gasteiger partial charge in [0.1, 0.15) is 5.75 Å². The van der Waals surface area contributed by atoms with Crippen molar-refractivity contribution in [2.45, 2.75) is 18.2 Å². The maximum Gasteiger partial charge on any atom is 0.243 e. The van der Waals surface area contributed by atoms with Crippen LogP contribution in [0, 0.1) is 0 Å². The summed E-state index contributed by atoms with van der Waals surface area (Å²) in [5, 5.41) is 8.72. The molecule has 2 aromatic carbocycles. The molecule has 4 rings (SSSR count). The fourth-order valence-electron chi connectivity index (χ4n) is 3.63. The van der Waals surface area contributed by atoms with Gasteiger partial charge < -0.3 is 9.64 Å². The lowest BCUT2D eigenvalue weighted by molar-refractivity contribution is 0.383. The Bertz CT molecular complexity index is 1120. The number of aryl methyl sites for hydroxylation is 1. The minimum absolute atomic E-state index is 0.348. The van der Waals surface area contributed by atoms with E-state index in [2.05, 4.69) is 22.0 Å². The molecular formula is C23H26N4O3S. The van der Waals surface area contributed by atoms with E-state index >= 15 is 0 Å². The van der Waals surface area contributed by atoms with E-state index in [-0.39, 0.29) is 0 Å². The molecule has 1 fully saturated rings. The highest BCUT2D eigenvalue weighted by atomic mass is 32.2. The minimum Gasteiger partial charge on any atom is -0.497 e. The Hall–Kier alpha value is -2.97. The Morgan fingerprint density at radius 2 is 1.68 bits per heavy atom. The Morgan fingerprint density at radius 1 is 0.935 bits per heavy atom. The van der Waals surface area contributed by atoms with Crippen molar-refractivity contribution < 1.29 is 13.2 Å². The van der Waals surface area contributed by atoms with Crippen molar-refractivity contribution in [3.05, 3.63) is 66.2 Å². The highest BCUT2D eigenvalue weighted by Gasteiger charge is 2.29. The SMILES string of the molecule is CCc1ccc(S(=O)(=O)N2CCN(c3ccc(-c4cccc(OC)c4)nn3)CC2)cc1. The van der Waals surface area contributed by atoms with Gasteiger partial charge in [-0.2, -0.15) is 4.31 Å². The number of piperazine rings is 1. The first-order valence-electron chi connectivity index (χ1n) is 10.3. The maximum atomic E-state index is 13.0. The van der Waals surface area contributed by atoms with Gasteiger partial charge in [0.15, 0.2) is 5.82 Å². The molecule has 0 radical (unpaired) electrons. The monoisotopic (exact) mass is 438 g/mol. The summed E-state index contributed by atoms with van der Waals surface area (Å²) in [6, 6.07) is 18.7. The number of ether oxygens (including phenoxy) is 1. The van der Waals surface area contributed by atoms with E-state index in [1.165, 1.54) is 0 Å². The zero-order valence-electron chi connectivity index (χ0n) is 17.7. The summed E-state index contributed by atoms with van der Waals surface area (Å²) >= 11 is 0. The first kappa shape index (κ1) is 21.3. The van der Waals surface area contributed by atoms with Crippen molar-refractivity contribution in [2.75, 3.05) is 38.2 Å². The molecule has 0 amide bonds. The molecule has 1 aromatic heterocycles. The topological polar surface area (TPSA) is 75.6 Å². The van der Waals surface area contributed by atoms with Crippen LogP contribution in [-0.4, -0.2) is 56.2 Å². The van der Waals surface area contributed by atoms with Gasteiger partial charge >= 0.3 is 0 Å². The average molecular weight is 439 g/mol. The van der Waals surface area contributed by atoms with Crippen molar-refractivity contribution in [1.82, 2.24) is 14.5 Å². The predicted molar refractivity (Wildman–Crippen MR) is 121 cm³/mol. The van der Waals surface area contributed by atoms with Crippen LogP contribution in [0.2, 0.25) is 0 Å². The second-order valence-corrected chi connectivity index (χ2v) is 9.34. The fraction of sp³-hybridized carbons (Fsp3) is 0.304. The van der Waals surface area contributed by atoms with Gasteiger partial charge in [0, 0.05) is 31.7 Å². The molecule has 162 valence electrons. The summed E-state index contributed by atoms with van der Waals surface area (Å²) in [6.07, 6.45) is 0.886. The van der Waals surface area contributed by atoms with Crippen molar-refractivity contribution in [3.63, 3.8) is 0 Å². The number of aromatic nitrogens is 2. The zero-order chi connectivity index (χ0) is 21.8. The van der Waals surface area contributed by atoms with Crippen molar-refractivity contribution in [3.8, 4) is 17.0 Å². The number of sulfonamides is 1. The molecular weight excluding hydrogens is 412 g/mol. The molecule has 1 saturated heterocycles. The Kier molecular flexibility index (Phi) is 6.20. The molecule has 8 heteroatoms. The first-order chi connectivity index (χ1) is 15.0. The van der Waals surface area contributed by atoms with Gasteiger partial charge in [0.25, 0.3) is 0 Å². The highest BCUT2D eigenvalue weighted by molar-refractivity contribution is 7.89. The van der Waals surface area contributed by atoms with E-state index in [0.717, 1.165) is 34.8 Å². The number of benzene rings is 2. The summed E-state index contributed by atoms with van der Waals surface area (Å²) in [4.78, 5) is 2.41. The summed E-state index contributed by atoms with van der Waals surface area (Å²) in [7, 11) is -1.85. The van der Waals surface area contributed by atoms with Gasteiger partial charge in [0.05, 0.1) is 17.7 Å². The first-order valence-corrected chi connectivity index (χ1v) is 11.8. The molecule has 1 aliphatic rings. The number of nitrogens with zero attached hydrogens (tertiary/aromatic N) is 4. The standard InChI is InChI=1S/C23H26N4O3S/c1-3-18-7-9-21(10-8-18)31(28,29)27-15-13-26(14-16-27)23-12-11-22(24-25-23)19-5-4-6-20(17-19)30-2/h4-12,17H,3,13-16H2,1-2H3. The van der Waals surface area contributed by atoms with Crippen LogP contribution in [-0.2, 0) is 16.4 Å². The predicted octanol–water partition coefficient (Wildman–Crippen LogP) is 3.23. The summed E-state index contributed by atoms with van der Waals surface area (Å²) in [5.74, 6) is 1.51. The van der Waals surface area contributed by atoms with Crippen LogP contribution in [0.1, 0.15) is 12.5 Å². The molecule has 0 aliphatic carbocycles.